The fourth-order valence-corrected chi connectivity index (χ4v) is 2.87. The van der Waals surface area contributed by atoms with E-state index in [2.05, 4.69) is 15.5 Å². The van der Waals surface area contributed by atoms with Gasteiger partial charge in [0, 0.05) is 10.5 Å². The second-order valence-corrected chi connectivity index (χ2v) is 6.37. The van der Waals surface area contributed by atoms with Crippen LogP contribution in [0.5, 0.6) is 11.5 Å². The van der Waals surface area contributed by atoms with Crippen LogP contribution in [-0.4, -0.2) is 35.1 Å². The van der Waals surface area contributed by atoms with E-state index < -0.39 is 12.0 Å². The number of aromatic nitrogens is 2. The Morgan fingerprint density at radius 2 is 1.88 bits per heavy atom. The molecule has 0 aliphatic carbocycles. The first-order valence-electron chi connectivity index (χ1n) is 7.90. The standard InChI is InChI=1S/C18H15N3O4S/c1-26-12-8-6-11(7-9-12)17-20-21-18(25-17)19-16(22)15-10-23-13-4-2-3-5-14(13)24-15/h2-9,15H,10H2,1H3,(H,19,21,22). The summed E-state index contributed by atoms with van der Waals surface area (Å²) in [7, 11) is 0. The van der Waals surface area contributed by atoms with Gasteiger partial charge in [-0.3, -0.25) is 10.1 Å². The molecule has 0 fully saturated rings. The fourth-order valence-electron chi connectivity index (χ4n) is 2.46. The van der Waals surface area contributed by atoms with Gasteiger partial charge < -0.3 is 13.9 Å². The Kier molecular flexibility index (Phi) is 4.49. The van der Waals surface area contributed by atoms with Crippen molar-refractivity contribution in [3.8, 4) is 23.0 Å². The first-order valence-corrected chi connectivity index (χ1v) is 9.12. The first kappa shape index (κ1) is 16.5. The molecule has 0 bridgehead atoms. The number of carbonyl (C=O) groups excluding carboxylic acids is 1. The van der Waals surface area contributed by atoms with E-state index in [1.54, 1.807) is 23.9 Å². The normalized spacial score (nSPS) is 15.5. The number of nitrogens with zero attached hydrogens (tertiary/aromatic N) is 2. The van der Waals surface area contributed by atoms with Gasteiger partial charge in [-0.15, -0.1) is 16.9 Å². The maximum absolute atomic E-state index is 12.4. The molecule has 1 unspecified atom stereocenters. The van der Waals surface area contributed by atoms with Crippen LogP contribution in [0.15, 0.2) is 57.8 Å². The van der Waals surface area contributed by atoms with Crippen molar-refractivity contribution in [3.05, 3.63) is 48.5 Å². The van der Waals surface area contributed by atoms with Crippen LogP contribution in [0, 0.1) is 0 Å². The van der Waals surface area contributed by atoms with Gasteiger partial charge in [0.05, 0.1) is 0 Å². The quantitative estimate of drug-likeness (QED) is 0.707. The van der Waals surface area contributed by atoms with Crippen molar-refractivity contribution >= 4 is 23.7 Å². The maximum atomic E-state index is 12.4. The molecule has 4 rings (SSSR count). The predicted molar refractivity (Wildman–Crippen MR) is 96.5 cm³/mol. The summed E-state index contributed by atoms with van der Waals surface area (Å²) in [6, 6.07) is 14.9. The minimum atomic E-state index is -0.791. The highest BCUT2D eigenvalue weighted by Gasteiger charge is 2.28. The van der Waals surface area contributed by atoms with Crippen molar-refractivity contribution in [3.63, 3.8) is 0 Å². The number of rotatable bonds is 4. The molecule has 0 radical (unpaired) electrons. The Morgan fingerprint density at radius 1 is 1.12 bits per heavy atom. The molecular weight excluding hydrogens is 354 g/mol. The highest BCUT2D eigenvalue weighted by molar-refractivity contribution is 7.98. The number of hydrogen-bond donors (Lipinski definition) is 1. The van der Waals surface area contributed by atoms with Gasteiger partial charge >= 0.3 is 6.01 Å². The minimum Gasteiger partial charge on any atom is -0.485 e. The van der Waals surface area contributed by atoms with E-state index in [0.717, 1.165) is 10.5 Å². The number of thioether (sulfide) groups is 1. The van der Waals surface area contributed by atoms with Crippen LogP contribution in [-0.2, 0) is 4.79 Å². The van der Waals surface area contributed by atoms with E-state index in [0.29, 0.717) is 17.4 Å². The van der Waals surface area contributed by atoms with Crippen molar-refractivity contribution in [2.75, 3.05) is 18.2 Å². The van der Waals surface area contributed by atoms with Gasteiger partial charge in [0.1, 0.15) is 6.61 Å². The monoisotopic (exact) mass is 369 g/mol. The summed E-state index contributed by atoms with van der Waals surface area (Å²) in [5.41, 5.74) is 0.780. The number of anilines is 1. The zero-order valence-electron chi connectivity index (χ0n) is 13.8. The molecule has 0 saturated carbocycles. The molecule has 1 atom stereocenters. The van der Waals surface area contributed by atoms with Crippen LogP contribution in [0.2, 0.25) is 0 Å². The molecule has 7 nitrogen and oxygen atoms in total. The Bertz CT molecular complexity index is 926. The second kappa shape index (κ2) is 7.09. The molecule has 8 heteroatoms. The minimum absolute atomic E-state index is 0.0152. The highest BCUT2D eigenvalue weighted by atomic mass is 32.2. The smallest absolute Gasteiger partial charge is 0.322 e. The summed E-state index contributed by atoms with van der Waals surface area (Å²) in [5.74, 6) is 1.07. The molecule has 0 spiro atoms. The lowest BCUT2D eigenvalue weighted by Gasteiger charge is -2.24. The third-order valence-electron chi connectivity index (χ3n) is 3.79. The number of amides is 1. The molecule has 132 valence electrons. The Balaban J connectivity index is 1.43. The van der Waals surface area contributed by atoms with Crippen molar-refractivity contribution < 1.29 is 18.7 Å². The number of nitrogens with one attached hydrogen (secondary N) is 1. The molecule has 1 aromatic heterocycles. The molecular formula is C18H15N3O4S. The molecule has 2 heterocycles. The maximum Gasteiger partial charge on any atom is 0.322 e. The summed E-state index contributed by atoms with van der Waals surface area (Å²) in [5, 5.41) is 10.4. The van der Waals surface area contributed by atoms with Gasteiger partial charge in [0.25, 0.3) is 5.91 Å². The molecule has 26 heavy (non-hydrogen) atoms. The van der Waals surface area contributed by atoms with Gasteiger partial charge in [0.15, 0.2) is 11.5 Å². The average Bonchev–Trinajstić information content (AvgIpc) is 3.16. The molecule has 2 aromatic carbocycles. The van der Waals surface area contributed by atoms with Crippen molar-refractivity contribution in [2.45, 2.75) is 11.0 Å². The Hall–Kier alpha value is -3.00. The van der Waals surface area contributed by atoms with Crippen molar-refractivity contribution in [1.29, 1.82) is 0 Å². The number of para-hydroxylation sites is 2. The molecule has 1 amide bonds. The third-order valence-corrected chi connectivity index (χ3v) is 4.54. The van der Waals surface area contributed by atoms with E-state index >= 15 is 0 Å². The van der Waals surface area contributed by atoms with E-state index in [-0.39, 0.29) is 12.6 Å². The summed E-state index contributed by atoms with van der Waals surface area (Å²) >= 11 is 1.65. The van der Waals surface area contributed by atoms with Crippen LogP contribution in [0.25, 0.3) is 11.5 Å². The van der Waals surface area contributed by atoms with Crippen LogP contribution < -0.4 is 14.8 Å². The number of benzene rings is 2. The van der Waals surface area contributed by atoms with Gasteiger partial charge in [-0.1, -0.05) is 17.2 Å². The zero-order chi connectivity index (χ0) is 17.9. The van der Waals surface area contributed by atoms with Gasteiger partial charge in [0.2, 0.25) is 12.0 Å². The molecule has 0 saturated heterocycles. The lowest BCUT2D eigenvalue weighted by atomic mass is 10.2. The summed E-state index contributed by atoms with van der Waals surface area (Å²) in [6.45, 7) is 0.111. The molecule has 3 aromatic rings. The largest absolute Gasteiger partial charge is 0.485 e. The second-order valence-electron chi connectivity index (χ2n) is 5.49. The molecule has 1 aliphatic rings. The topological polar surface area (TPSA) is 86.5 Å². The lowest BCUT2D eigenvalue weighted by molar-refractivity contribution is -0.125. The first-order chi connectivity index (χ1) is 12.7. The predicted octanol–water partition coefficient (Wildman–Crippen LogP) is 3.24. The van der Waals surface area contributed by atoms with E-state index in [1.165, 1.54) is 0 Å². The Labute approximate surface area is 153 Å². The number of hydrogen-bond acceptors (Lipinski definition) is 7. The Morgan fingerprint density at radius 3 is 2.65 bits per heavy atom. The number of fused-ring (bicyclic) bond motifs is 1. The zero-order valence-corrected chi connectivity index (χ0v) is 14.7. The van der Waals surface area contributed by atoms with Crippen LogP contribution in [0.1, 0.15) is 0 Å². The summed E-state index contributed by atoms with van der Waals surface area (Å²) in [6.07, 6.45) is 1.21. The van der Waals surface area contributed by atoms with E-state index in [4.69, 9.17) is 13.9 Å². The number of ether oxygens (including phenoxy) is 2. The van der Waals surface area contributed by atoms with Crippen LogP contribution >= 0.6 is 11.8 Å². The fraction of sp³-hybridized carbons (Fsp3) is 0.167. The van der Waals surface area contributed by atoms with Crippen LogP contribution in [0.3, 0.4) is 0 Å². The van der Waals surface area contributed by atoms with E-state index in [1.807, 2.05) is 42.7 Å². The SMILES string of the molecule is CSc1ccc(-c2nnc(NC(=O)C3COc4ccccc4O3)o2)cc1. The summed E-state index contributed by atoms with van der Waals surface area (Å²) < 4.78 is 16.7. The van der Waals surface area contributed by atoms with Gasteiger partial charge in [-0.2, -0.15) is 0 Å². The molecule has 1 aliphatic heterocycles. The summed E-state index contributed by atoms with van der Waals surface area (Å²) in [4.78, 5) is 13.5. The lowest BCUT2D eigenvalue weighted by Crippen LogP contribution is -2.40. The van der Waals surface area contributed by atoms with Crippen molar-refractivity contribution in [1.82, 2.24) is 10.2 Å². The van der Waals surface area contributed by atoms with Crippen LogP contribution in [0.4, 0.5) is 6.01 Å². The average molecular weight is 369 g/mol. The van der Waals surface area contributed by atoms with Crippen molar-refractivity contribution in [2.24, 2.45) is 0 Å². The molecule has 1 N–H and O–H groups in total. The number of carbonyl (C=O) groups is 1. The van der Waals surface area contributed by atoms with Gasteiger partial charge in [-0.25, -0.2) is 0 Å². The third kappa shape index (κ3) is 3.36. The van der Waals surface area contributed by atoms with Gasteiger partial charge in [-0.05, 0) is 42.7 Å². The van der Waals surface area contributed by atoms with E-state index in [9.17, 15) is 4.79 Å². The highest BCUT2D eigenvalue weighted by Crippen LogP contribution is 2.31.